The number of quaternary nitrogens is 1. The summed E-state index contributed by atoms with van der Waals surface area (Å²) in [7, 11) is 1.74. The van der Waals surface area contributed by atoms with Crippen LogP contribution in [0.4, 0.5) is 0 Å². The monoisotopic (exact) mass is 230 g/mol. The first-order valence-electron chi connectivity index (χ1n) is 6.07. The van der Waals surface area contributed by atoms with Crippen LogP contribution in [0.25, 0.3) is 0 Å². The van der Waals surface area contributed by atoms with E-state index < -0.39 is 0 Å². The van der Waals surface area contributed by atoms with E-state index in [2.05, 4.69) is 13.8 Å². The Balaban J connectivity index is 2.47. The molecule has 1 aliphatic heterocycles. The van der Waals surface area contributed by atoms with E-state index in [9.17, 15) is 4.79 Å². The first-order chi connectivity index (χ1) is 7.56. The van der Waals surface area contributed by atoms with Crippen LogP contribution in [0.3, 0.4) is 0 Å². The molecule has 94 valence electrons. The number of likely N-dealkylation sites (tertiary alicyclic amines) is 1. The van der Waals surface area contributed by atoms with Gasteiger partial charge >= 0.3 is 5.97 Å². The van der Waals surface area contributed by atoms with E-state index in [0.29, 0.717) is 12.0 Å². The molecule has 1 rings (SSSR count). The number of carbonyl (C=O) groups excluding carboxylic acids is 1. The molecule has 0 aromatic rings. The van der Waals surface area contributed by atoms with Gasteiger partial charge in [0.25, 0.3) is 0 Å². The zero-order valence-electron chi connectivity index (χ0n) is 10.8. The normalized spacial score (nSPS) is 34.8. The van der Waals surface area contributed by atoms with Crippen molar-refractivity contribution in [2.24, 2.45) is 5.92 Å². The highest BCUT2D eigenvalue weighted by atomic mass is 16.5. The predicted molar refractivity (Wildman–Crippen MR) is 61.4 cm³/mol. The van der Waals surface area contributed by atoms with Gasteiger partial charge in [-0.3, -0.25) is 4.79 Å². The molecule has 1 N–H and O–H groups in total. The molecule has 0 amide bonds. The van der Waals surface area contributed by atoms with Crippen LogP contribution in [0.2, 0.25) is 0 Å². The van der Waals surface area contributed by atoms with Crippen LogP contribution in [0.1, 0.15) is 27.2 Å². The summed E-state index contributed by atoms with van der Waals surface area (Å²) in [6, 6.07) is 0.522. The van der Waals surface area contributed by atoms with Crippen LogP contribution < -0.4 is 4.90 Å². The van der Waals surface area contributed by atoms with Gasteiger partial charge in [0.05, 0.1) is 19.2 Å². The Labute approximate surface area is 97.9 Å². The highest BCUT2D eigenvalue weighted by Crippen LogP contribution is 2.17. The Bertz CT molecular complexity index is 232. The molecule has 4 nitrogen and oxygen atoms in total. The fourth-order valence-electron chi connectivity index (χ4n) is 2.48. The summed E-state index contributed by atoms with van der Waals surface area (Å²) in [5.41, 5.74) is 0. The third-order valence-electron chi connectivity index (χ3n) is 3.71. The lowest BCUT2D eigenvalue weighted by molar-refractivity contribution is -0.934. The van der Waals surface area contributed by atoms with Gasteiger partial charge in [-0.15, -0.1) is 0 Å². The van der Waals surface area contributed by atoms with E-state index in [-0.39, 0.29) is 12.1 Å². The summed E-state index contributed by atoms with van der Waals surface area (Å²) < 4.78 is 10.5. The molecule has 4 atom stereocenters. The van der Waals surface area contributed by atoms with E-state index >= 15 is 0 Å². The van der Waals surface area contributed by atoms with Crippen LogP contribution in [-0.4, -0.2) is 44.9 Å². The van der Waals surface area contributed by atoms with Gasteiger partial charge in [0, 0.05) is 26.4 Å². The minimum atomic E-state index is -0.163. The zero-order valence-corrected chi connectivity index (χ0v) is 10.8. The molecule has 0 aromatic carbocycles. The second kappa shape index (κ2) is 6.21. The molecule has 0 radical (unpaired) electrons. The quantitative estimate of drug-likeness (QED) is 0.684. The van der Waals surface area contributed by atoms with E-state index in [1.54, 1.807) is 12.0 Å². The SMILES string of the molecule is COCC[NH+]1CC[C@H](OC(C)=O)[C@H](C)[C@@H]1C. The summed E-state index contributed by atoms with van der Waals surface area (Å²) in [5, 5.41) is 0. The maximum Gasteiger partial charge on any atom is 0.302 e. The van der Waals surface area contributed by atoms with Gasteiger partial charge in [-0.25, -0.2) is 0 Å². The minimum Gasteiger partial charge on any atom is -0.462 e. The molecule has 1 saturated heterocycles. The van der Waals surface area contributed by atoms with Gasteiger partial charge in [-0.1, -0.05) is 6.92 Å². The Hall–Kier alpha value is -0.610. The number of hydrogen-bond donors (Lipinski definition) is 1. The van der Waals surface area contributed by atoms with Crippen LogP contribution in [0.5, 0.6) is 0 Å². The molecular weight excluding hydrogens is 206 g/mol. The Morgan fingerprint density at radius 3 is 2.69 bits per heavy atom. The third-order valence-corrected chi connectivity index (χ3v) is 3.71. The number of nitrogens with one attached hydrogen (secondary N) is 1. The average Bonchev–Trinajstić information content (AvgIpc) is 2.23. The van der Waals surface area contributed by atoms with Crippen LogP contribution >= 0.6 is 0 Å². The van der Waals surface area contributed by atoms with Crippen molar-refractivity contribution in [2.75, 3.05) is 26.8 Å². The van der Waals surface area contributed by atoms with Crippen molar-refractivity contribution in [3.8, 4) is 0 Å². The molecule has 16 heavy (non-hydrogen) atoms. The number of piperidine rings is 1. The maximum atomic E-state index is 11.0. The highest BCUT2D eigenvalue weighted by molar-refractivity contribution is 5.66. The molecule has 1 fully saturated rings. The van der Waals surface area contributed by atoms with Crippen molar-refractivity contribution >= 4 is 5.97 Å². The second-order valence-electron chi connectivity index (χ2n) is 4.74. The van der Waals surface area contributed by atoms with Crippen LogP contribution in [-0.2, 0) is 14.3 Å². The topological polar surface area (TPSA) is 40.0 Å². The van der Waals surface area contributed by atoms with Crippen molar-refractivity contribution < 1.29 is 19.2 Å². The van der Waals surface area contributed by atoms with Gasteiger partial charge in [-0.2, -0.15) is 0 Å². The van der Waals surface area contributed by atoms with E-state index in [1.165, 1.54) is 6.92 Å². The number of carbonyl (C=O) groups is 1. The molecule has 0 saturated carbocycles. The molecule has 0 aliphatic carbocycles. The fourth-order valence-corrected chi connectivity index (χ4v) is 2.48. The standard InChI is InChI=1S/C12H23NO3/c1-9-10(2)13(7-8-15-4)6-5-12(9)16-11(3)14/h9-10,12H,5-8H2,1-4H3/p+1/t9-,10+,12+/m1/s1. The first-order valence-corrected chi connectivity index (χ1v) is 6.07. The molecule has 0 bridgehead atoms. The number of esters is 1. The fraction of sp³-hybridized carbons (Fsp3) is 0.917. The first kappa shape index (κ1) is 13.5. The average molecular weight is 230 g/mol. The molecule has 1 heterocycles. The summed E-state index contributed by atoms with van der Waals surface area (Å²) in [6.07, 6.45) is 1.06. The lowest BCUT2D eigenvalue weighted by Crippen LogP contribution is -3.18. The van der Waals surface area contributed by atoms with Gasteiger partial charge < -0.3 is 14.4 Å². The van der Waals surface area contributed by atoms with Gasteiger partial charge in [-0.05, 0) is 6.92 Å². The summed E-state index contributed by atoms with van der Waals surface area (Å²) in [6.45, 7) is 8.78. The predicted octanol–water partition coefficient (Wildman–Crippen LogP) is -0.122. The van der Waals surface area contributed by atoms with Gasteiger partial charge in [0.15, 0.2) is 0 Å². The van der Waals surface area contributed by atoms with Crippen LogP contribution in [0, 0.1) is 5.92 Å². The smallest absolute Gasteiger partial charge is 0.302 e. The number of hydrogen-bond acceptors (Lipinski definition) is 3. The number of ether oxygens (including phenoxy) is 2. The Kier molecular flexibility index (Phi) is 5.22. The van der Waals surface area contributed by atoms with E-state index in [0.717, 1.165) is 26.1 Å². The summed E-state index contributed by atoms with van der Waals surface area (Å²) in [5.74, 6) is 0.258. The number of rotatable bonds is 4. The molecule has 1 unspecified atom stereocenters. The van der Waals surface area contributed by atoms with Crippen molar-refractivity contribution in [1.29, 1.82) is 0 Å². The van der Waals surface area contributed by atoms with Crippen molar-refractivity contribution in [1.82, 2.24) is 0 Å². The lowest BCUT2D eigenvalue weighted by Gasteiger charge is -2.39. The molecule has 0 aromatic heterocycles. The van der Waals surface area contributed by atoms with E-state index in [4.69, 9.17) is 9.47 Å². The zero-order chi connectivity index (χ0) is 12.1. The van der Waals surface area contributed by atoms with Crippen molar-refractivity contribution in [3.63, 3.8) is 0 Å². The largest absolute Gasteiger partial charge is 0.462 e. The Morgan fingerprint density at radius 1 is 1.44 bits per heavy atom. The molecular formula is C12H24NO3+. The van der Waals surface area contributed by atoms with Crippen LogP contribution in [0.15, 0.2) is 0 Å². The molecule has 0 spiro atoms. The van der Waals surface area contributed by atoms with Crippen molar-refractivity contribution in [2.45, 2.75) is 39.3 Å². The Morgan fingerprint density at radius 2 is 2.12 bits per heavy atom. The summed E-state index contributed by atoms with van der Waals surface area (Å²) >= 11 is 0. The highest BCUT2D eigenvalue weighted by Gasteiger charge is 2.36. The molecule has 1 aliphatic rings. The van der Waals surface area contributed by atoms with Gasteiger partial charge in [0.2, 0.25) is 0 Å². The summed E-state index contributed by atoms with van der Waals surface area (Å²) in [4.78, 5) is 12.5. The minimum absolute atomic E-state index is 0.0961. The van der Waals surface area contributed by atoms with Crippen molar-refractivity contribution in [3.05, 3.63) is 0 Å². The lowest BCUT2D eigenvalue weighted by atomic mass is 9.89. The number of methoxy groups -OCH3 is 1. The van der Waals surface area contributed by atoms with Gasteiger partial charge in [0.1, 0.15) is 12.6 Å². The second-order valence-corrected chi connectivity index (χ2v) is 4.74. The molecule has 4 heteroatoms. The maximum absolute atomic E-state index is 11.0. The third kappa shape index (κ3) is 3.46. The van der Waals surface area contributed by atoms with E-state index in [1.807, 2.05) is 0 Å².